The Morgan fingerprint density at radius 1 is 1.00 bits per heavy atom. The molecule has 1 heterocycles. The molecule has 0 radical (unpaired) electrons. The maximum atomic E-state index is 12.5. The summed E-state index contributed by atoms with van der Waals surface area (Å²) in [7, 11) is 0. The van der Waals surface area contributed by atoms with Crippen molar-refractivity contribution in [3.63, 3.8) is 0 Å². The molecule has 0 unspecified atom stereocenters. The third-order valence-corrected chi connectivity index (χ3v) is 5.10. The standard InChI is InChI=1S/C19H20N4OS/c1-12-5-8-17(15(4)9-12)23-19(20-21-22-23)25-11-18(24)16-7-6-13(2)14(3)10-16/h5-10H,11H2,1-4H3. The van der Waals surface area contributed by atoms with Crippen molar-refractivity contribution in [2.75, 3.05) is 5.75 Å². The molecule has 0 amide bonds. The maximum Gasteiger partial charge on any atom is 0.214 e. The van der Waals surface area contributed by atoms with E-state index < -0.39 is 0 Å². The zero-order chi connectivity index (χ0) is 18.0. The summed E-state index contributed by atoms with van der Waals surface area (Å²) >= 11 is 1.35. The highest BCUT2D eigenvalue weighted by Gasteiger charge is 2.14. The van der Waals surface area contributed by atoms with Crippen LogP contribution in [0.3, 0.4) is 0 Å². The number of carbonyl (C=O) groups excluding carboxylic acids is 1. The van der Waals surface area contributed by atoms with Crippen LogP contribution in [0.1, 0.15) is 32.6 Å². The predicted molar refractivity (Wildman–Crippen MR) is 99.6 cm³/mol. The van der Waals surface area contributed by atoms with Gasteiger partial charge in [0.25, 0.3) is 0 Å². The molecule has 6 heteroatoms. The van der Waals surface area contributed by atoms with Crippen LogP contribution in [-0.2, 0) is 0 Å². The molecule has 3 rings (SSSR count). The maximum absolute atomic E-state index is 12.5. The second kappa shape index (κ2) is 7.19. The lowest BCUT2D eigenvalue weighted by molar-refractivity contribution is 0.102. The number of aryl methyl sites for hydroxylation is 4. The fourth-order valence-corrected chi connectivity index (χ4v) is 3.37. The van der Waals surface area contributed by atoms with Gasteiger partial charge >= 0.3 is 0 Å². The van der Waals surface area contributed by atoms with E-state index in [0.29, 0.717) is 10.9 Å². The molecule has 128 valence electrons. The summed E-state index contributed by atoms with van der Waals surface area (Å²) in [5.74, 6) is 0.372. The van der Waals surface area contributed by atoms with Gasteiger partial charge in [-0.25, -0.2) is 0 Å². The van der Waals surface area contributed by atoms with Gasteiger partial charge in [0.15, 0.2) is 5.78 Å². The van der Waals surface area contributed by atoms with Gasteiger partial charge in [-0.15, -0.1) is 5.10 Å². The topological polar surface area (TPSA) is 60.7 Å². The van der Waals surface area contributed by atoms with Crippen molar-refractivity contribution in [2.24, 2.45) is 0 Å². The molecule has 2 aromatic carbocycles. The highest BCUT2D eigenvalue weighted by atomic mass is 32.2. The van der Waals surface area contributed by atoms with E-state index in [4.69, 9.17) is 0 Å². The van der Waals surface area contributed by atoms with E-state index in [2.05, 4.69) is 21.6 Å². The number of aromatic nitrogens is 4. The van der Waals surface area contributed by atoms with Gasteiger partial charge in [-0.3, -0.25) is 4.79 Å². The SMILES string of the molecule is Cc1ccc(-n2nnnc2SCC(=O)c2ccc(C)c(C)c2)c(C)c1. The third kappa shape index (κ3) is 3.79. The van der Waals surface area contributed by atoms with Gasteiger partial charge in [-0.1, -0.05) is 41.6 Å². The molecule has 0 atom stereocenters. The molecule has 0 spiro atoms. The highest BCUT2D eigenvalue weighted by molar-refractivity contribution is 7.99. The first kappa shape index (κ1) is 17.4. The van der Waals surface area contributed by atoms with Gasteiger partial charge in [-0.05, 0) is 66.9 Å². The van der Waals surface area contributed by atoms with Gasteiger partial charge < -0.3 is 0 Å². The van der Waals surface area contributed by atoms with Crippen molar-refractivity contribution in [3.05, 3.63) is 64.2 Å². The molecular formula is C19H20N4OS. The summed E-state index contributed by atoms with van der Waals surface area (Å²) in [4.78, 5) is 12.5. The van der Waals surface area contributed by atoms with Crippen molar-refractivity contribution in [1.29, 1.82) is 0 Å². The Balaban J connectivity index is 1.77. The van der Waals surface area contributed by atoms with Crippen LogP contribution in [0.15, 0.2) is 41.6 Å². The molecule has 0 fully saturated rings. The monoisotopic (exact) mass is 352 g/mol. The first-order valence-corrected chi connectivity index (χ1v) is 9.03. The van der Waals surface area contributed by atoms with E-state index in [1.807, 2.05) is 58.0 Å². The Hall–Kier alpha value is -2.47. The fourth-order valence-electron chi connectivity index (χ4n) is 2.59. The fraction of sp³-hybridized carbons (Fsp3) is 0.263. The minimum Gasteiger partial charge on any atom is -0.293 e. The first-order valence-electron chi connectivity index (χ1n) is 8.05. The average Bonchev–Trinajstić information content (AvgIpc) is 3.03. The number of rotatable bonds is 5. The molecule has 0 bridgehead atoms. The van der Waals surface area contributed by atoms with Crippen LogP contribution in [-0.4, -0.2) is 31.7 Å². The van der Waals surface area contributed by atoms with Crippen LogP contribution in [0.4, 0.5) is 0 Å². The lowest BCUT2D eigenvalue weighted by Gasteiger charge is -2.08. The molecule has 0 aliphatic heterocycles. The number of carbonyl (C=O) groups is 1. The lowest BCUT2D eigenvalue weighted by atomic mass is 10.0. The molecule has 3 aromatic rings. The Morgan fingerprint density at radius 3 is 2.52 bits per heavy atom. The molecule has 0 aliphatic carbocycles. The summed E-state index contributed by atoms with van der Waals surface area (Å²) in [6.07, 6.45) is 0. The number of tetrazole rings is 1. The second-order valence-electron chi connectivity index (χ2n) is 6.17. The number of Topliss-reactive ketones (excluding diaryl/α,β-unsaturated/α-hetero) is 1. The van der Waals surface area contributed by atoms with Crippen LogP contribution < -0.4 is 0 Å². The van der Waals surface area contributed by atoms with E-state index >= 15 is 0 Å². The Labute approximate surface area is 151 Å². The van der Waals surface area contributed by atoms with Crippen LogP contribution in [0.25, 0.3) is 5.69 Å². The normalized spacial score (nSPS) is 10.9. The number of ketones is 1. The zero-order valence-corrected chi connectivity index (χ0v) is 15.6. The summed E-state index contributed by atoms with van der Waals surface area (Å²) in [6.45, 7) is 8.13. The second-order valence-corrected chi connectivity index (χ2v) is 7.12. The number of hydrogen-bond donors (Lipinski definition) is 0. The molecule has 5 nitrogen and oxygen atoms in total. The largest absolute Gasteiger partial charge is 0.293 e. The molecule has 0 aliphatic rings. The zero-order valence-electron chi connectivity index (χ0n) is 14.8. The van der Waals surface area contributed by atoms with E-state index in [-0.39, 0.29) is 5.78 Å². The summed E-state index contributed by atoms with van der Waals surface area (Å²) in [5.41, 5.74) is 6.24. The molecule has 1 aromatic heterocycles. The van der Waals surface area contributed by atoms with Gasteiger partial charge in [0.1, 0.15) is 0 Å². The van der Waals surface area contributed by atoms with E-state index in [9.17, 15) is 4.79 Å². The Bertz CT molecular complexity index is 933. The molecule has 0 saturated carbocycles. The van der Waals surface area contributed by atoms with Crippen LogP contribution in [0.2, 0.25) is 0 Å². The van der Waals surface area contributed by atoms with E-state index in [1.54, 1.807) is 4.68 Å². The number of hydrogen-bond acceptors (Lipinski definition) is 5. The molecular weight excluding hydrogens is 332 g/mol. The third-order valence-electron chi connectivity index (χ3n) is 4.18. The molecule has 0 N–H and O–H groups in total. The van der Waals surface area contributed by atoms with Gasteiger partial charge in [0.05, 0.1) is 11.4 Å². The van der Waals surface area contributed by atoms with Crippen molar-refractivity contribution in [2.45, 2.75) is 32.9 Å². The van der Waals surface area contributed by atoms with Crippen molar-refractivity contribution in [1.82, 2.24) is 20.2 Å². The number of thioether (sulfide) groups is 1. The summed E-state index contributed by atoms with van der Waals surface area (Å²) in [6, 6.07) is 11.9. The smallest absolute Gasteiger partial charge is 0.214 e. The van der Waals surface area contributed by atoms with Crippen molar-refractivity contribution >= 4 is 17.5 Å². The van der Waals surface area contributed by atoms with Gasteiger partial charge in [0.2, 0.25) is 5.16 Å². The lowest BCUT2D eigenvalue weighted by Crippen LogP contribution is -2.06. The van der Waals surface area contributed by atoms with Gasteiger partial charge in [0, 0.05) is 5.56 Å². The minimum atomic E-state index is 0.0725. The number of nitrogens with zero attached hydrogens (tertiary/aromatic N) is 4. The van der Waals surface area contributed by atoms with Crippen molar-refractivity contribution < 1.29 is 4.79 Å². The van der Waals surface area contributed by atoms with Crippen LogP contribution in [0, 0.1) is 27.7 Å². The highest BCUT2D eigenvalue weighted by Crippen LogP contribution is 2.22. The number of benzene rings is 2. The van der Waals surface area contributed by atoms with E-state index in [1.165, 1.54) is 22.9 Å². The Kier molecular flexibility index (Phi) is 4.99. The van der Waals surface area contributed by atoms with Crippen molar-refractivity contribution in [3.8, 4) is 5.69 Å². The predicted octanol–water partition coefficient (Wildman–Crippen LogP) is 3.87. The van der Waals surface area contributed by atoms with E-state index in [0.717, 1.165) is 22.4 Å². The summed E-state index contributed by atoms with van der Waals surface area (Å²) < 4.78 is 1.69. The quantitative estimate of drug-likeness (QED) is 0.515. The molecule has 0 saturated heterocycles. The van der Waals surface area contributed by atoms with Gasteiger partial charge in [-0.2, -0.15) is 4.68 Å². The Morgan fingerprint density at radius 2 is 1.80 bits per heavy atom. The van der Waals surface area contributed by atoms with Crippen LogP contribution >= 0.6 is 11.8 Å². The first-order chi connectivity index (χ1) is 12.0. The summed E-state index contributed by atoms with van der Waals surface area (Å²) in [5, 5.41) is 12.5. The molecule has 25 heavy (non-hydrogen) atoms. The average molecular weight is 352 g/mol. The van der Waals surface area contributed by atoms with Crippen LogP contribution in [0.5, 0.6) is 0 Å². The minimum absolute atomic E-state index is 0.0725.